The van der Waals surface area contributed by atoms with Crippen LogP contribution in [0.1, 0.15) is 10.4 Å². The van der Waals surface area contributed by atoms with Gasteiger partial charge in [0.25, 0.3) is 0 Å². The molecule has 3 rings (SSSR count). The summed E-state index contributed by atoms with van der Waals surface area (Å²) in [6.07, 6.45) is 0. The van der Waals surface area contributed by atoms with Crippen molar-refractivity contribution in [2.45, 2.75) is 0 Å². The quantitative estimate of drug-likeness (QED) is 0.317. The molecule has 0 aromatic heterocycles. The zero-order valence-electron chi connectivity index (χ0n) is 11.4. The van der Waals surface area contributed by atoms with Crippen molar-refractivity contribution in [3.05, 3.63) is 82.4 Å². The fourth-order valence-electron chi connectivity index (χ4n) is 2.24. The molecule has 0 aliphatic heterocycles. The Labute approximate surface area is 125 Å². The first-order valence-electron chi connectivity index (χ1n) is 6.60. The predicted molar refractivity (Wildman–Crippen MR) is 82.0 cm³/mol. The largest absolute Gasteiger partial charge is 0.416 e. The van der Waals surface area contributed by atoms with Crippen LogP contribution in [0.15, 0.2) is 66.7 Å². The smallest absolute Gasteiger partial charge is 0.343 e. The summed E-state index contributed by atoms with van der Waals surface area (Å²) in [5.74, 6) is -0.684. The molecule has 0 atom stereocenters. The van der Waals surface area contributed by atoms with Gasteiger partial charge in [0.1, 0.15) is 0 Å². The summed E-state index contributed by atoms with van der Waals surface area (Å²) in [7, 11) is 0. The Kier molecular flexibility index (Phi) is 3.53. The molecule has 0 unspecified atom stereocenters. The zero-order valence-corrected chi connectivity index (χ0v) is 11.4. The molecule has 5 heteroatoms. The van der Waals surface area contributed by atoms with Crippen molar-refractivity contribution in [1.29, 1.82) is 0 Å². The van der Waals surface area contributed by atoms with E-state index in [1.54, 1.807) is 60.7 Å². The topological polar surface area (TPSA) is 69.4 Å². The first-order chi connectivity index (χ1) is 10.7. The average Bonchev–Trinajstić information content (AvgIpc) is 2.55. The highest BCUT2D eigenvalue weighted by molar-refractivity contribution is 5.96. The Bertz CT molecular complexity index is 859. The number of hydrogen-bond donors (Lipinski definition) is 0. The number of ether oxygens (including phenoxy) is 1. The molecule has 0 bridgehead atoms. The molecule has 0 radical (unpaired) electrons. The summed E-state index contributed by atoms with van der Waals surface area (Å²) in [6, 6.07) is 18.4. The van der Waals surface area contributed by atoms with Gasteiger partial charge in [-0.25, -0.2) is 4.79 Å². The van der Waals surface area contributed by atoms with Crippen molar-refractivity contribution < 1.29 is 14.5 Å². The molecular formula is C17H11NO4. The zero-order chi connectivity index (χ0) is 15.5. The number of carbonyl (C=O) groups excluding carboxylic acids is 1. The lowest BCUT2D eigenvalue weighted by atomic mass is 10.1. The highest BCUT2D eigenvalue weighted by Crippen LogP contribution is 2.35. The number of esters is 1. The molecule has 108 valence electrons. The molecule has 0 amide bonds. The molecule has 0 spiro atoms. The summed E-state index contributed by atoms with van der Waals surface area (Å²) < 4.78 is 5.22. The molecule has 0 aliphatic carbocycles. The lowest BCUT2D eigenvalue weighted by Crippen LogP contribution is -2.09. The van der Waals surface area contributed by atoms with Gasteiger partial charge in [0.2, 0.25) is 5.75 Å². The van der Waals surface area contributed by atoms with Gasteiger partial charge in [0.15, 0.2) is 0 Å². The van der Waals surface area contributed by atoms with Crippen molar-refractivity contribution in [1.82, 2.24) is 0 Å². The van der Waals surface area contributed by atoms with E-state index in [1.807, 2.05) is 0 Å². The molecule has 0 N–H and O–H groups in total. The van der Waals surface area contributed by atoms with Crippen LogP contribution in [-0.2, 0) is 0 Å². The van der Waals surface area contributed by atoms with E-state index in [1.165, 1.54) is 6.07 Å². The Morgan fingerprint density at radius 3 is 2.32 bits per heavy atom. The van der Waals surface area contributed by atoms with Gasteiger partial charge in [-0.3, -0.25) is 10.1 Å². The van der Waals surface area contributed by atoms with Gasteiger partial charge in [-0.05, 0) is 29.7 Å². The first kappa shape index (κ1) is 13.8. The van der Waals surface area contributed by atoms with E-state index >= 15 is 0 Å². The van der Waals surface area contributed by atoms with Gasteiger partial charge < -0.3 is 4.74 Å². The molecular weight excluding hydrogens is 282 g/mol. The number of carbonyl (C=O) groups is 1. The van der Waals surface area contributed by atoms with Crippen molar-refractivity contribution in [2.75, 3.05) is 0 Å². The number of nitro groups is 1. The van der Waals surface area contributed by atoms with Crippen LogP contribution in [0.4, 0.5) is 5.69 Å². The third-order valence-electron chi connectivity index (χ3n) is 3.26. The summed E-state index contributed by atoms with van der Waals surface area (Å²) in [5.41, 5.74) is 0.132. The van der Waals surface area contributed by atoms with Crippen LogP contribution in [0.2, 0.25) is 0 Å². The second kappa shape index (κ2) is 5.65. The Morgan fingerprint density at radius 1 is 0.909 bits per heavy atom. The summed E-state index contributed by atoms with van der Waals surface area (Å²) in [4.78, 5) is 22.9. The molecule has 3 aromatic carbocycles. The number of fused-ring (bicyclic) bond motifs is 1. The maximum Gasteiger partial charge on any atom is 0.343 e. The molecule has 3 aromatic rings. The molecule has 0 saturated carbocycles. The van der Waals surface area contributed by atoms with E-state index in [0.29, 0.717) is 16.3 Å². The fraction of sp³-hybridized carbons (Fsp3) is 0. The van der Waals surface area contributed by atoms with Crippen LogP contribution in [0.25, 0.3) is 10.8 Å². The highest BCUT2D eigenvalue weighted by atomic mass is 16.6. The van der Waals surface area contributed by atoms with Crippen LogP contribution in [0, 0.1) is 10.1 Å². The van der Waals surface area contributed by atoms with Crippen LogP contribution in [0.3, 0.4) is 0 Å². The molecule has 0 heterocycles. The standard InChI is InChI=1S/C17H11NO4/c19-17(13-7-2-1-3-8-13)22-15-11-10-12-6-4-5-9-14(12)16(15)18(20)21/h1-11H. The van der Waals surface area contributed by atoms with E-state index in [0.717, 1.165) is 0 Å². The third-order valence-corrected chi connectivity index (χ3v) is 3.26. The van der Waals surface area contributed by atoms with Gasteiger partial charge in [0, 0.05) is 0 Å². The summed E-state index contributed by atoms with van der Waals surface area (Å²) >= 11 is 0. The Morgan fingerprint density at radius 2 is 1.59 bits per heavy atom. The van der Waals surface area contributed by atoms with E-state index in [-0.39, 0.29) is 11.4 Å². The maximum absolute atomic E-state index is 12.1. The van der Waals surface area contributed by atoms with Gasteiger partial charge >= 0.3 is 11.7 Å². The van der Waals surface area contributed by atoms with Crippen molar-refractivity contribution in [3.8, 4) is 5.75 Å². The number of nitrogens with zero attached hydrogens (tertiary/aromatic N) is 1. The second-order valence-corrected chi connectivity index (χ2v) is 4.65. The van der Waals surface area contributed by atoms with Crippen LogP contribution >= 0.6 is 0 Å². The molecule has 22 heavy (non-hydrogen) atoms. The highest BCUT2D eigenvalue weighted by Gasteiger charge is 2.22. The van der Waals surface area contributed by atoms with Gasteiger partial charge in [-0.15, -0.1) is 0 Å². The Hall–Kier alpha value is -3.21. The minimum absolute atomic E-state index is 0.0578. The van der Waals surface area contributed by atoms with Crippen molar-refractivity contribution >= 4 is 22.4 Å². The number of nitro benzene ring substituents is 1. The predicted octanol–water partition coefficient (Wildman–Crippen LogP) is 3.97. The molecule has 0 fully saturated rings. The van der Waals surface area contributed by atoms with Gasteiger partial charge in [-0.2, -0.15) is 0 Å². The fourth-order valence-corrected chi connectivity index (χ4v) is 2.24. The minimum Gasteiger partial charge on any atom is -0.416 e. The number of hydrogen-bond acceptors (Lipinski definition) is 4. The lowest BCUT2D eigenvalue weighted by molar-refractivity contribution is -0.383. The third kappa shape index (κ3) is 2.52. The lowest BCUT2D eigenvalue weighted by Gasteiger charge is -2.07. The van der Waals surface area contributed by atoms with Gasteiger partial charge in [-0.1, -0.05) is 42.5 Å². The first-order valence-corrected chi connectivity index (χ1v) is 6.60. The summed E-state index contributed by atoms with van der Waals surface area (Å²) in [5, 5.41) is 12.5. The number of rotatable bonds is 3. The average molecular weight is 293 g/mol. The van der Waals surface area contributed by atoms with E-state index in [4.69, 9.17) is 4.74 Å². The second-order valence-electron chi connectivity index (χ2n) is 4.65. The van der Waals surface area contributed by atoms with Crippen molar-refractivity contribution in [2.24, 2.45) is 0 Å². The normalized spacial score (nSPS) is 10.4. The van der Waals surface area contributed by atoms with Crippen LogP contribution < -0.4 is 4.74 Å². The molecule has 0 aliphatic rings. The summed E-state index contributed by atoms with van der Waals surface area (Å²) in [6.45, 7) is 0. The van der Waals surface area contributed by atoms with E-state index < -0.39 is 10.9 Å². The van der Waals surface area contributed by atoms with E-state index in [2.05, 4.69) is 0 Å². The number of benzene rings is 3. The molecule has 5 nitrogen and oxygen atoms in total. The maximum atomic E-state index is 12.1. The molecule has 0 saturated heterocycles. The SMILES string of the molecule is O=C(Oc1ccc2ccccc2c1[N+](=O)[O-])c1ccccc1. The van der Waals surface area contributed by atoms with Crippen LogP contribution in [-0.4, -0.2) is 10.9 Å². The monoisotopic (exact) mass is 293 g/mol. The Balaban J connectivity index is 2.06. The van der Waals surface area contributed by atoms with Gasteiger partial charge in [0.05, 0.1) is 15.9 Å². The van der Waals surface area contributed by atoms with Crippen LogP contribution in [0.5, 0.6) is 5.75 Å². The van der Waals surface area contributed by atoms with Crippen molar-refractivity contribution in [3.63, 3.8) is 0 Å². The van der Waals surface area contributed by atoms with E-state index in [9.17, 15) is 14.9 Å². The minimum atomic E-state index is -0.626.